The number of phenols is 1. The van der Waals surface area contributed by atoms with Gasteiger partial charge in [-0.3, -0.25) is 4.79 Å². The van der Waals surface area contributed by atoms with Crippen molar-refractivity contribution >= 4 is 45.6 Å². The quantitative estimate of drug-likeness (QED) is 0.651. The van der Waals surface area contributed by atoms with Gasteiger partial charge in [-0.05, 0) is 65.1 Å². The van der Waals surface area contributed by atoms with Gasteiger partial charge in [0.05, 0.1) is 0 Å². The lowest BCUT2D eigenvalue weighted by Crippen LogP contribution is -2.02. The van der Waals surface area contributed by atoms with Crippen molar-refractivity contribution in [3.63, 3.8) is 0 Å². The minimum atomic E-state index is -0.0177. The molecular weight excluding hydrogens is 377 g/mol. The van der Waals surface area contributed by atoms with Crippen LogP contribution in [-0.4, -0.2) is 10.1 Å². The van der Waals surface area contributed by atoms with Crippen LogP contribution in [0.25, 0.3) is 23.1 Å². The van der Waals surface area contributed by atoms with Gasteiger partial charge in [0.2, 0.25) is 0 Å². The van der Waals surface area contributed by atoms with Crippen molar-refractivity contribution in [2.24, 2.45) is 0 Å². The molecule has 0 aliphatic heterocycles. The number of fused-ring (bicyclic) bond motifs is 1. The third kappa shape index (κ3) is 3.00. The van der Waals surface area contributed by atoms with E-state index in [1.165, 1.54) is 0 Å². The minimum Gasteiger partial charge on any atom is -0.507 e. The average molecular weight is 389 g/mol. The number of aromatic hydroxyl groups is 1. The molecule has 2 aromatic carbocycles. The zero-order chi connectivity index (χ0) is 14.8. The average Bonchev–Trinajstić information content (AvgIpc) is 2.48. The molecule has 0 saturated carbocycles. The van der Waals surface area contributed by atoms with Crippen LogP contribution in [0.3, 0.4) is 0 Å². The molecule has 0 unspecified atom stereocenters. The van der Waals surface area contributed by atoms with Crippen LogP contribution in [0.15, 0.2) is 53.3 Å². The van der Waals surface area contributed by atoms with E-state index >= 15 is 0 Å². The first kappa shape index (κ1) is 13.9. The maximum atomic E-state index is 12.0. The summed E-state index contributed by atoms with van der Waals surface area (Å²) in [4.78, 5) is 15.2. The monoisotopic (exact) mass is 389 g/mol. The molecule has 3 nitrogen and oxygen atoms in total. The predicted molar refractivity (Wildman–Crippen MR) is 94.3 cm³/mol. The lowest BCUT2D eigenvalue weighted by atomic mass is 10.1. The van der Waals surface area contributed by atoms with E-state index in [1.807, 2.05) is 30.3 Å². The molecule has 0 aliphatic rings. The molecular formula is C17H12INO2. The zero-order valence-electron chi connectivity index (χ0n) is 11.0. The van der Waals surface area contributed by atoms with Crippen molar-refractivity contribution in [1.82, 2.24) is 4.98 Å². The summed E-state index contributed by atoms with van der Waals surface area (Å²) in [6.07, 6.45) is 3.58. The molecule has 1 heterocycles. The number of rotatable bonds is 2. The Morgan fingerprint density at radius 1 is 1.05 bits per heavy atom. The number of phenolic OH excluding ortho intramolecular Hbond substituents is 1. The number of para-hydroxylation sites is 1. The number of hydrogen-bond donors (Lipinski definition) is 2. The van der Waals surface area contributed by atoms with Crippen LogP contribution in [0.2, 0.25) is 0 Å². The molecule has 0 atom stereocenters. The Morgan fingerprint density at radius 3 is 2.71 bits per heavy atom. The van der Waals surface area contributed by atoms with Gasteiger partial charge in [0.1, 0.15) is 5.75 Å². The molecule has 21 heavy (non-hydrogen) atoms. The Hall–Kier alpha value is -2.08. The van der Waals surface area contributed by atoms with E-state index in [2.05, 4.69) is 27.6 Å². The molecule has 0 aliphatic carbocycles. The van der Waals surface area contributed by atoms with Crippen LogP contribution in [0.5, 0.6) is 5.75 Å². The highest BCUT2D eigenvalue weighted by Gasteiger charge is 2.01. The van der Waals surface area contributed by atoms with Gasteiger partial charge in [0.25, 0.3) is 0 Å². The molecule has 2 N–H and O–H groups in total. The second-order valence-corrected chi connectivity index (χ2v) is 5.92. The Kier molecular flexibility index (Phi) is 3.79. The largest absolute Gasteiger partial charge is 0.507 e. The van der Waals surface area contributed by atoms with E-state index in [9.17, 15) is 9.90 Å². The Labute approximate surface area is 135 Å². The maximum absolute atomic E-state index is 12.0. The van der Waals surface area contributed by atoms with E-state index in [1.54, 1.807) is 30.4 Å². The normalized spacial score (nSPS) is 11.3. The van der Waals surface area contributed by atoms with Crippen molar-refractivity contribution in [3.8, 4) is 5.75 Å². The number of H-pyrrole nitrogens is 1. The lowest BCUT2D eigenvalue weighted by Gasteiger charge is -2.01. The number of aromatic nitrogens is 1. The summed E-state index contributed by atoms with van der Waals surface area (Å²) < 4.78 is 1.04. The van der Waals surface area contributed by atoms with Gasteiger partial charge in [-0.25, -0.2) is 0 Å². The number of halogens is 1. The van der Waals surface area contributed by atoms with Crippen LogP contribution in [0.4, 0.5) is 0 Å². The summed E-state index contributed by atoms with van der Waals surface area (Å²) in [5.74, 6) is 0.217. The first-order valence-corrected chi connectivity index (χ1v) is 7.50. The van der Waals surface area contributed by atoms with Gasteiger partial charge < -0.3 is 10.1 Å². The predicted octanol–water partition coefficient (Wildman–Crippen LogP) is 4.01. The van der Waals surface area contributed by atoms with Crippen molar-refractivity contribution < 1.29 is 5.11 Å². The zero-order valence-corrected chi connectivity index (χ0v) is 13.2. The number of aromatic amines is 1. The second kappa shape index (κ2) is 5.73. The second-order valence-electron chi connectivity index (χ2n) is 4.67. The summed E-state index contributed by atoms with van der Waals surface area (Å²) in [6, 6.07) is 14.3. The SMILES string of the molecule is O=c1cc(C=Cc2cc(I)ccc2O)[nH]c2ccccc12. The van der Waals surface area contributed by atoms with Gasteiger partial charge in [-0.1, -0.05) is 12.1 Å². The standard InChI is InChI=1S/C17H12INO2/c18-12-6-8-16(20)11(9-12)5-7-13-10-17(21)14-3-1-2-4-15(14)19-13/h1-10,20H,(H,19,21). The number of benzene rings is 2. The van der Waals surface area contributed by atoms with Crippen molar-refractivity contribution in [1.29, 1.82) is 0 Å². The van der Waals surface area contributed by atoms with Gasteiger partial charge in [-0.15, -0.1) is 0 Å². The molecule has 3 rings (SSSR count). The van der Waals surface area contributed by atoms with Crippen LogP contribution >= 0.6 is 22.6 Å². The molecule has 1 aromatic heterocycles. The van der Waals surface area contributed by atoms with Gasteiger partial charge in [0, 0.05) is 31.8 Å². The fourth-order valence-electron chi connectivity index (χ4n) is 2.15. The summed E-state index contributed by atoms with van der Waals surface area (Å²) in [6.45, 7) is 0. The fraction of sp³-hybridized carbons (Fsp3) is 0. The summed E-state index contributed by atoms with van der Waals surface area (Å²) in [5, 5.41) is 10.5. The van der Waals surface area contributed by atoms with Crippen LogP contribution in [-0.2, 0) is 0 Å². The molecule has 0 spiro atoms. The van der Waals surface area contributed by atoms with E-state index < -0.39 is 0 Å². The molecule has 0 amide bonds. The molecule has 104 valence electrons. The molecule has 0 saturated heterocycles. The van der Waals surface area contributed by atoms with Crippen molar-refractivity contribution in [2.75, 3.05) is 0 Å². The van der Waals surface area contributed by atoms with Crippen LogP contribution in [0.1, 0.15) is 11.3 Å². The van der Waals surface area contributed by atoms with Crippen LogP contribution < -0.4 is 5.43 Å². The lowest BCUT2D eigenvalue weighted by molar-refractivity contribution is 0.474. The van der Waals surface area contributed by atoms with E-state index in [0.717, 1.165) is 14.7 Å². The van der Waals surface area contributed by atoms with Crippen LogP contribution in [0, 0.1) is 3.57 Å². The smallest absolute Gasteiger partial charge is 0.189 e. The summed E-state index contributed by atoms with van der Waals surface area (Å²) in [7, 11) is 0. The molecule has 0 fully saturated rings. The van der Waals surface area contributed by atoms with Gasteiger partial charge in [0.15, 0.2) is 5.43 Å². The Morgan fingerprint density at radius 2 is 1.86 bits per heavy atom. The van der Waals surface area contributed by atoms with Crippen molar-refractivity contribution in [3.05, 3.63) is 73.6 Å². The number of pyridine rings is 1. The Bertz CT molecular complexity index is 897. The molecule has 3 aromatic rings. The first-order valence-electron chi connectivity index (χ1n) is 6.42. The van der Waals surface area contributed by atoms with Gasteiger partial charge in [-0.2, -0.15) is 0 Å². The summed E-state index contributed by atoms with van der Waals surface area (Å²) in [5.41, 5.74) is 2.21. The highest BCUT2D eigenvalue weighted by atomic mass is 127. The van der Waals surface area contributed by atoms with Gasteiger partial charge >= 0.3 is 0 Å². The summed E-state index contributed by atoms with van der Waals surface area (Å²) >= 11 is 2.19. The number of hydrogen-bond acceptors (Lipinski definition) is 2. The highest BCUT2D eigenvalue weighted by Crippen LogP contribution is 2.21. The van der Waals surface area contributed by atoms with E-state index in [0.29, 0.717) is 11.1 Å². The van der Waals surface area contributed by atoms with E-state index in [-0.39, 0.29) is 11.2 Å². The maximum Gasteiger partial charge on any atom is 0.189 e. The topological polar surface area (TPSA) is 53.1 Å². The molecule has 0 radical (unpaired) electrons. The molecule has 4 heteroatoms. The third-order valence-electron chi connectivity index (χ3n) is 3.19. The Balaban J connectivity index is 2.03. The van der Waals surface area contributed by atoms with Crippen molar-refractivity contribution in [2.45, 2.75) is 0 Å². The number of nitrogens with one attached hydrogen (secondary N) is 1. The fourth-order valence-corrected chi connectivity index (χ4v) is 2.66. The highest BCUT2D eigenvalue weighted by molar-refractivity contribution is 14.1. The first-order chi connectivity index (χ1) is 10.1. The molecule has 0 bridgehead atoms. The third-order valence-corrected chi connectivity index (χ3v) is 3.86. The van der Waals surface area contributed by atoms with E-state index in [4.69, 9.17) is 0 Å². The minimum absolute atomic E-state index is 0.0177.